The number of amides is 3. The van der Waals surface area contributed by atoms with Crippen molar-refractivity contribution < 1.29 is 14.4 Å². The third-order valence-corrected chi connectivity index (χ3v) is 5.48. The van der Waals surface area contributed by atoms with Gasteiger partial charge in [-0.2, -0.15) is 0 Å². The minimum absolute atomic E-state index is 0.144. The number of hydrogen-bond acceptors (Lipinski definition) is 3. The molecular weight excluding hydrogens is 396 g/mol. The lowest BCUT2D eigenvalue weighted by Gasteiger charge is -2.31. The average molecular weight is 413 g/mol. The zero-order valence-electron chi connectivity index (χ0n) is 14.5. The highest BCUT2D eigenvalue weighted by Gasteiger charge is 2.34. The molecule has 132 valence electrons. The average Bonchev–Trinajstić information content (AvgIpc) is 2.84. The normalized spacial score (nSPS) is 16.0. The molecule has 2 heterocycles. The number of fused-ring (bicyclic) bond motifs is 2. The number of anilines is 1. The number of carbonyl (C=O) groups excluding carboxylic acids is 3. The van der Waals surface area contributed by atoms with Crippen LogP contribution in [0.1, 0.15) is 48.6 Å². The number of nitrogens with zero attached hydrogens (tertiary/aromatic N) is 2. The van der Waals surface area contributed by atoms with Gasteiger partial charge in [0.1, 0.15) is 0 Å². The zero-order valence-corrected chi connectivity index (χ0v) is 16.1. The van der Waals surface area contributed by atoms with Gasteiger partial charge in [-0.1, -0.05) is 15.9 Å². The molecule has 3 amide bonds. The zero-order chi connectivity index (χ0) is 18.6. The maximum absolute atomic E-state index is 13.2. The number of halogens is 1. The fraction of sp³-hybridized carbons (Fsp3) is 0.250. The maximum Gasteiger partial charge on any atom is 0.261 e. The van der Waals surface area contributed by atoms with Crippen LogP contribution < -0.4 is 4.90 Å². The maximum atomic E-state index is 13.2. The first-order valence-electron chi connectivity index (χ1n) is 8.46. The topological polar surface area (TPSA) is 57.7 Å². The summed E-state index contributed by atoms with van der Waals surface area (Å²) in [7, 11) is 1.45. The molecule has 0 N–H and O–H groups in total. The second kappa shape index (κ2) is 6.06. The van der Waals surface area contributed by atoms with Crippen molar-refractivity contribution in [3.05, 3.63) is 62.6 Å². The molecule has 6 heteroatoms. The molecule has 0 spiro atoms. The number of carbonyl (C=O) groups is 3. The molecule has 0 atom stereocenters. The highest BCUT2D eigenvalue weighted by Crippen LogP contribution is 2.35. The highest BCUT2D eigenvalue weighted by atomic mass is 79.9. The highest BCUT2D eigenvalue weighted by molar-refractivity contribution is 9.10. The molecule has 5 nitrogen and oxygen atoms in total. The standard InChI is InChI=1S/C20H17BrN2O3/c1-11-8-14(21)9-12-4-3-7-23(17(11)12)18(24)13-5-6-15-16(10-13)20(26)22(2)19(15)25/h5-6,8-10H,3-4,7H2,1-2H3. The first-order valence-corrected chi connectivity index (χ1v) is 9.25. The number of benzene rings is 2. The van der Waals surface area contributed by atoms with Crippen molar-refractivity contribution in [1.82, 2.24) is 4.90 Å². The predicted molar refractivity (Wildman–Crippen MR) is 102 cm³/mol. The Morgan fingerprint density at radius 2 is 1.81 bits per heavy atom. The van der Waals surface area contributed by atoms with Crippen LogP contribution in [0.15, 0.2) is 34.8 Å². The smallest absolute Gasteiger partial charge is 0.261 e. The predicted octanol–water partition coefficient (Wildman–Crippen LogP) is 3.58. The van der Waals surface area contributed by atoms with Crippen LogP contribution in [0.5, 0.6) is 0 Å². The Morgan fingerprint density at radius 1 is 1.08 bits per heavy atom. The lowest BCUT2D eigenvalue weighted by molar-refractivity contribution is 0.0693. The fourth-order valence-electron chi connectivity index (χ4n) is 3.77. The first kappa shape index (κ1) is 17.0. The van der Waals surface area contributed by atoms with E-state index in [0.717, 1.165) is 39.0 Å². The summed E-state index contributed by atoms with van der Waals surface area (Å²) in [6.45, 7) is 2.63. The van der Waals surface area contributed by atoms with Gasteiger partial charge in [0.05, 0.1) is 16.8 Å². The van der Waals surface area contributed by atoms with Crippen LogP contribution in [0.2, 0.25) is 0 Å². The molecule has 0 fully saturated rings. The Labute approximate surface area is 159 Å². The quantitative estimate of drug-likeness (QED) is 0.672. The van der Waals surface area contributed by atoms with Crippen LogP contribution in [0.25, 0.3) is 0 Å². The summed E-state index contributed by atoms with van der Waals surface area (Å²) < 4.78 is 1.01. The van der Waals surface area contributed by atoms with Crippen LogP contribution in [-0.2, 0) is 6.42 Å². The van der Waals surface area contributed by atoms with Crippen LogP contribution in [0, 0.1) is 6.92 Å². The first-order chi connectivity index (χ1) is 12.4. The van der Waals surface area contributed by atoms with Crippen molar-refractivity contribution in [1.29, 1.82) is 0 Å². The van der Waals surface area contributed by atoms with Crippen molar-refractivity contribution >= 4 is 39.3 Å². The summed E-state index contributed by atoms with van der Waals surface area (Å²) in [5, 5.41) is 0. The minimum Gasteiger partial charge on any atom is -0.308 e. The number of aryl methyl sites for hydroxylation is 2. The number of imide groups is 1. The van der Waals surface area contributed by atoms with E-state index in [9.17, 15) is 14.4 Å². The molecule has 0 saturated heterocycles. The Morgan fingerprint density at radius 3 is 2.58 bits per heavy atom. The summed E-state index contributed by atoms with van der Waals surface area (Å²) in [5.74, 6) is -0.833. The molecule has 0 radical (unpaired) electrons. The number of rotatable bonds is 1. The van der Waals surface area contributed by atoms with E-state index in [2.05, 4.69) is 22.0 Å². The van der Waals surface area contributed by atoms with E-state index in [4.69, 9.17) is 0 Å². The molecule has 2 aromatic rings. The van der Waals surface area contributed by atoms with E-state index < -0.39 is 0 Å². The van der Waals surface area contributed by atoms with Gasteiger partial charge < -0.3 is 4.90 Å². The SMILES string of the molecule is Cc1cc(Br)cc2c1N(C(=O)c1ccc3c(c1)C(=O)N(C)C3=O)CCC2. The van der Waals surface area contributed by atoms with Gasteiger partial charge in [-0.15, -0.1) is 0 Å². The van der Waals surface area contributed by atoms with Crippen molar-refractivity contribution in [2.24, 2.45) is 0 Å². The lowest BCUT2D eigenvalue weighted by Crippen LogP contribution is -2.36. The molecule has 4 rings (SSSR count). The molecule has 0 unspecified atom stereocenters. The fourth-order valence-corrected chi connectivity index (χ4v) is 4.39. The Balaban J connectivity index is 1.75. The van der Waals surface area contributed by atoms with Gasteiger partial charge in [0.2, 0.25) is 0 Å². The Bertz CT molecular complexity index is 983. The van der Waals surface area contributed by atoms with Gasteiger partial charge in [-0.3, -0.25) is 19.3 Å². The van der Waals surface area contributed by atoms with E-state index in [1.54, 1.807) is 23.1 Å². The van der Waals surface area contributed by atoms with Gasteiger partial charge in [0.25, 0.3) is 17.7 Å². The molecule has 0 aromatic heterocycles. The molecule has 26 heavy (non-hydrogen) atoms. The summed E-state index contributed by atoms with van der Waals surface area (Å²) in [6, 6.07) is 8.81. The van der Waals surface area contributed by atoms with Crippen LogP contribution in [0.4, 0.5) is 5.69 Å². The molecule has 0 saturated carbocycles. The third kappa shape index (κ3) is 2.48. The van der Waals surface area contributed by atoms with Gasteiger partial charge in [0.15, 0.2) is 0 Å². The van der Waals surface area contributed by atoms with Crippen LogP contribution >= 0.6 is 15.9 Å². The minimum atomic E-state index is -0.362. The Hall–Kier alpha value is -2.47. The lowest BCUT2D eigenvalue weighted by atomic mass is 9.97. The van der Waals surface area contributed by atoms with E-state index in [0.29, 0.717) is 23.2 Å². The summed E-state index contributed by atoms with van der Waals surface area (Å²) in [4.78, 5) is 40.3. The summed E-state index contributed by atoms with van der Waals surface area (Å²) in [5.41, 5.74) is 4.21. The number of hydrogen-bond donors (Lipinski definition) is 0. The molecule has 2 aliphatic rings. The summed E-state index contributed by atoms with van der Waals surface area (Å²) in [6.07, 6.45) is 1.82. The third-order valence-electron chi connectivity index (χ3n) is 5.02. The van der Waals surface area contributed by atoms with Gasteiger partial charge >= 0.3 is 0 Å². The molecule has 2 aromatic carbocycles. The molecular formula is C20H17BrN2O3. The van der Waals surface area contributed by atoms with Crippen molar-refractivity contribution in [3.63, 3.8) is 0 Å². The van der Waals surface area contributed by atoms with Crippen LogP contribution in [-0.4, -0.2) is 36.2 Å². The van der Waals surface area contributed by atoms with E-state index >= 15 is 0 Å². The Kier molecular flexibility index (Phi) is 3.95. The van der Waals surface area contributed by atoms with E-state index in [1.165, 1.54) is 7.05 Å². The van der Waals surface area contributed by atoms with E-state index in [-0.39, 0.29) is 17.7 Å². The summed E-state index contributed by atoms with van der Waals surface area (Å²) >= 11 is 3.52. The van der Waals surface area contributed by atoms with Gasteiger partial charge in [0, 0.05) is 23.6 Å². The second-order valence-electron chi connectivity index (χ2n) is 6.72. The van der Waals surface area contributed by atoms with Crippen molar-refractivity contribution in [2.45, 2.75) is 19.8 Å². The monoisotopic (exact) mass is 412 g/mol. The largest absolute Gasteiger partial charge is 0.308 e. The second-order valence-corrected chi connectivity index (χ2v) is 7.64. The van der Waals surface area contributed by atoms with Crippen molar-refractivity contribution in [2.75, 3.05) is 18.5 Å². The van der Waals surface area contributed by atoms with Crippen molar-refractivity contribution in [3.8, 4) is 0 Å². The molecule has 0 bridgehead atoms. The molecule has 0 aliphatic carbocycles. The van der Waals surface area contributed by atoms with Gasteiger partial charge in [-0.25, -0.2) is 0 Å². The molecule has 2 aliphatic heterocycles. The van der Waals surface area contributed by atoms with E-state index in [1.807, 2.05) is 13.0 Å². The van der Waals surface area contributed by atoms with Gasteiger partial charge in [-0.05, 0) is 61.2 Å². The van der Waals surface area contributed by atoms with Crippen LogP contribution in [0.3, 0.4) is 0 Å².